The van der Waals surface area contributed by atoms with E-state index < -0.39 is 0 Å². The summed E-state index contributed by atoms with van der Waals surface area (Å²) in [4.78, 5) is 1.89. The topological polar surface area (TPSA) is 39.1 Å². The van der Waals surface area contributed by atoms with Gasteiger partial charge in [0.2, 0.25) is 0 Å². The number of hydrogen-bond acceptors (Lipinski definition) is 1. The maximum atomic E-state index is 7.67. The van der Waals surface area contributed by atoms with Gasteiger partial charge >= 0.3 is 0 Å². The van der Waals surface area contributed by atoms with Crippen LogP contribution in [0.1, 0.15) is 34.1 Å². The van der Waals surface area contributed by atoms with Gasteiger partial charge in [-0.25, -0.2) is 0 Å². The monoisotopic (exact) mass is 171 g/mol. The molecule has 0 aliphatic rings. The average Bonchev–Trinajstić information content (AvgIpc) is 2.02. The standard InChI is InChI=1S/C9H21N3/c1-6-9(3,4)11-8(10)12(5)7-2/h6-7H2,1-5H3,(H2,10,11). The normalized spacial score (nSPS) is 11.1. The minimum Gasteiger partial charge on any atom is -0.352 e. The molecule has 0 rings (SSSR count). The lowest BCUT2D eigenvalue weighted by atomic mass is 10.0. The van der Waals surface area contributed by atoms with E-state index in [9.17, 15) is 0 Å². The van der Waals surface area contributed by atoms with Gasteiger partial charge in [0.15, 0.2) is 5.96 Å². The first kappa shape index (κ1) is 11.3. The molecule has 0 saturated carbocycles. The molecule has 0 atom stereocenters. The summed E-state index contributed by atoms with van der Waals surface area (Å²) in [5, 5.41) is 10.8. The molecule has 0 aliphatic heterocycles. The first-order chi connectivity index (χ1) is 5.43. The Morgan fingerprint density at radius 3 is 2.25 bits per heavy atom. The second-order valence-electron chi connectivity index (χ2n) is 3.73. The van der Waals surface area contributed by atoms with Gasteiger partial charge < -0.3 is 10.2 Å². The van der Waals surface area contributed by atoms with Crippen molar-refractivity contribution in [1.82, 2.24) is 10.2 Å². The molecule has 0 amide bonds. The summed E-state index contributed by atoms with van der Waals surface area (Å²) < 4.78 is 0. The van der Waals surface area contributed by atoms with E-state index in [1.807, 2.05) is 18.9 Å². The quantitative estimate of drug-likeness (QED) is 0.500. The molecule has 0 fully saturated rings. The number of guanidine groups is 1. The highest BCUT2D eigenvalue weighted by Gasteiger charge is 2.16. The van der Waals surface area contributed by atoms with Crippen LogP contribution >= 0.6 is 0 Å². The molecule has 0 unspecified atom stereocenters. The molecule has 0 spiro atoms. The molecule has 2 N–H and O–H groups in total. The Kier molecular flexibility index (Phi) is 4.07. The predicted molar refractivity (Wildman–Crippen MR) is 53.5 cm³/mol. The molecule has 0 heterocycles. The van der Waals surface area contributed by atoms with Crippen molar-refractivity contribution in [3.05, 3.63) is 0 Å². The van der Waals surface area contributed by atoms with Gasteiger partial charge in [0.05, 0.1) is 0 Å². The average molecular weight is 171 g/mol. The fourth-order valence-electron chi connectivity index (χ4n) is 0.662. The lowest BCUT2D eigenvalue weighted by molar-refractivity contribution is 0.402. The first-order valence-electron chi connectivity index (χ1n) is 4.50. The van der Waals surface area contributed by atoms with Crippen LogP contribution in [-0.2, 0) is 0 Å². The summed E-state index contributed by atoms with van der Waals surface area (Å²) >= 11 is 0. The van der Waals surface area contributed by atoms with Crippen molar-refractivity contribution in [2.75, 3.05) is 13.6 Å². The minimum absolute atomic E-state index is 0.0283. The molecule has 0 bridgehead atoms. The van der Waals surface area contributed by atoms with E-state index in [1.54, 1.807) is 0 Å². The molecular weight excluding hydrogens is 150 g/mol. The van der Waals surface area contributed by atoms with Gasteiger partial charge in [-0.05, 0) is 27.2 Å². The summed E-state index contributed by atoms with van der Waals surface area (Å²) in [7, 11) is 1.92. The van der Waals surface area contributed by atoms with Gasteiger partial charge in [0, 0.05) is 19.1 Å². The van der Waals surface area contributed by atoms with Crippen LogP contribution in [0.4, 0.5) is 0 Å². The van der Waals surface area contributed by atoms with Crippen LogP contribution < -0.4 is 5.32 Å². The third-order valence-electron chi connectivity index (χ3n) is 2.20. The smallest absolute Gasteiger partial charge is 0.191 e. The summed E-state index contributed by atoms with van der Waals surface area (Å²) in [6.45, 7) is 9.23. The fourth-order valence-corrected chi connectivity index (χ4v) is 0.662. The summed E-state index contributed by atoms with van der Waals surface area (Å²) in [5.74, 6) is 0.504. The summed E-state index contributed by atoms with van der Waals surface area (Å²) in [6.07, 6.45) is 1.02. The van der Waals surface area contributed by atoms with E-state index in [-0.39, 0.29) is 5.54 Å². The molecule has 12 heavy (non-hydrogen) atoms. The summed E-state index contributed by atoms with van der Waals surface area (Å²) in [5.41, 5.74) is 0.0283. The maximum absolute atomic E-state index is 7.67. The molecule has 3 heteroatoms. The molecule has 0 aliphatic carbocycles. The first-order valence-corrected chi connectivity index (χ1v) is 4.50. The van der Waals surface area contributed by atoms with Crippen molar-refractivity contribution in [3.63, 3.8) is 0 Å². The van der Waals surface area contributed by atoms with Crippen molar-refractivity contribution in [3.8, 4) is 0 Å². The van der Waals surface area contributed by atoms with Crippen molar-refractivity contribution >= 4 is 5.96 Å². The minimum atomic E-state index is 0.0283. The van der Waals surface area contributed by atoms with Gasteiger partial charge in [-0.2, -0.15) is 0 Å². The highest BCUT2D eigenvalue weighted by Crippen LogP contribution is 2.06. The molecule has 0 radical (unpaired) electrons. The lowest BCUT2D eigenvalue weighted by Gasteiger charge is -2.29. The zero-order valence-corrected chi connectivity index (χ0v) is 8.86. The molecular formula is C9H21N3. The van der Waals surface area contributed by atoms with Gasteiger partial charge in [0.1, 0.15) is 0 Å². The molecule has 0 aromatic heterocycles. The van der Waals surface area contributed by atoms with Crippen molar-refractivity contribution in [1.29, 1.82) is 5.41 Å². The highest BCUT2D eigenvalue weighted by atomic mass is 15.3. The fraction of sp³-hybridized carbons (Fsp3) is 0.889. The Labute approximate surface area is 75.7 Å². The molecule has 0 aromatic rings. The number of rotatable bonds is 3. The van der Waals surface area contributed by atoms with Crippen molar-refractivity contribution < 1.29 is 0 Å². The maximum Gasteiger partial charge on any atom is 0.191 e. The Bertz CT molecular complexity index is 152. The Hall–Kier alpha value is -0.730. The molecule has 0 saturated heterocycles. The lowest BCUT2D eigenvalue weighted by Crippen LogP contribution is -2.48. The Morgan fingerprint density at radius 2 is 1.92 bits per heavy atom. The van der Waals surface area contributed by atoms with Crippen LogP contribution in [0.3, 0.4) is 0 Å². The Morgan fingerprint density at radius 1 is 1.42 bits per heavy atom. The van der Waals surface area contributed by atoms with E-state index in [4.69, 9.17) is 5.41 Å². The molecule has 3 nitrogen and oxygen atoms in total. The van der Waals surface area contributed by atoms with Gasteiger partial charge in [-0.15, -0.1) is 0 Å². The van der Waals surface area contributed by atoms with E-state index in [1.165, 1.54) is 0 Å². The van der Waals surface area contributed by atoms with Crippen LogP contribution in [0.5, 0.6) is 0 Å². The third-order valence-corrected chi connectivity index (χ3v) is 2.20. The van der Waals surface area contributed by atoms with E-state index in [0.29, 0.717) is 5.96 Å². The zero-order chi connectivity index (χ0) is 9.78. The van der Waals surface area contributed by atoms with Crippen LogP contribution in [0.25, 0.3) is 0 Å². The van der Waals surface area contributed by atoms with Gasteiger partial charge in [-0.1, -0.05) is 6.92 Å². The second kappa shape index (κ2) is 4.33. The van der Waals surface area contributed by atoms with E-state index >= 15 is 0 Å². The van der Waals surface area contributed by atoms with Crippen molar-refractivity contribution in [2.24, 2.45) is 0 Å². The molecule has 72 valence electrons. The van der Waals surface area contributed by atoms with Crippen molar-refractivity contribution in [2.45, 2.75) is 39.7 Å². The highest BCUT2D eigenvalue weighted by molar-refractivity contribution is 5.77. The van der Waals surface area contributed by atoms with Crippen LogP contribution in [0, 0.1) is 5.41 Å². The SMILES string of the molecule is CCN(C)C(=N)NC(C)(C)CC. The third kappa shape index (κ3) is 3.60. The zero-order valence-electron chi connectivity index (χ0n) is 8.86. The van der Waals surface area contributed by atoms with Crippen LogP contribution in [0.2, 0.25) is 0 Å². The van der Waals surface area contributed by atoms with E-state index in [0.717, 1.165) is 13.0 Å². The van der Waals surface area contributed by atoms with Crippen LogP contribution in [0.15, 0.2) is 0 Å². The number of nitrogens with one attached hydrogen (secondary N) is 2. The number of hydrogen-bond donors (Lipinski definition) is 2. The number of nitrogens with zero attached hydrogens (tertiary/aromatic N) is 1. The largest absolute Gasteiger partial charge is 0.352 e. The van der Waals surface area contributed by atoms with Crippen LogP contribution in [-0.4, -0.2) is 30.0 Å². The molecule has 0 aromatic carbocycles. The Balaban J connectivity index is 4.00. The van der Waals surface area contributed by atoms with E-state index in [2.05, 4.69) is 26.1 Å². The summed E-state index contributed by atoms with van der Waals surface area (Å²) in [6, 6.07) is 0. The van der Waals surface area contributed by atoms with Gasteiger partial charge in [-0.3, -0.25) is 5.41 Å². The predicted octanol–water partition coefficient (Wildman–Crippen LogP) is 1.65. The second-order valence-corrected chi connectivity index (χ2v) is 3.73. The van der Waals surface area contributed by atoms with Gasteiger partial charge in [0.25, 0.3) is 0 Å².